The molecular weight excluding hydrogens is 278 g/mol. The van der Waals surface area contributed by atoms with Crippen molar-refractivity contribution in [2.45, 2.75) is 26.4 Å². The molecule has 1 aliphatic rings. The largest absolute Gasteiger partial charge is 0.494 e. The van der Waals surface area contributed by atoms with Crippen LogP contribution in [-0.4, -0.2) is 61.6 Å². The molecule has 0 bridgehead atoms. The van der Waals surface area contributed by atoms with E-state index in [1.807, 2.05) is 31.2 Å². The summed E-state index contributed by atoms with van der Waals surface area (Å²) in [6.07, 6.45) is 0. The molecular formula is C17H27N3O2. The topological polar surface area (TPSA) is 44.8 Å². The fourth-order valence-electron chi connectivity index (χ4n) is 2.77. The molecule has 1 heterocycles. The molecule has 5 nitrogen and oxygen atoms in total. The molecule has 0 unspecified atom stereocenters. The van der Waals surface area contributed by atoms with Gasteiger partial charge < -0.3 is 15.0 Å². The van der Waals surface area contributed by atoms with E-state index in [9.17, 15) is 4.79 Å². The fourth-order valence-corrected chi connectivity index (χ4v) is 2.77. The lowest BCUT2D eigenvalue weighted by Crippen LogP contribution is -2.53. The van der Waals surface area contributed by atoms with Crippen molar-refractivity contribution >= 4 is 5.91 Å². The molecule has 0 radical (unpaired) electrons. The van der Waals surface area contributed by atoms with E-state index in [4.69, 9.17) is 4.74 Å². The maximum Gasteiger partial charge on any atom is 0.234 e. The van der Waals surface area contributed by atoms with E-state index in [-0.39, 0.29) is 5.91 Å². The van der Waals surface area contributed by atoms with E-state index in [1.54, 1.807) is 0 Å². The zero-order valence-electron chi connectivity index (χ0n) is 13.8. The maximum absolute atomic E-state index is 12.1. The molecule has 1 fully saturated rings. The van der Waals surface area contributed by atoms with Gasteiger partial charge in [-0.2, -0.15) is 0 Å². The average molecular weight is 305 g/mol. The summed E-state index contributed by atoms with van der Waals surface area (Å²) in [7, 11) is 2.12. The van der Waals surface area contributed by atoms with Crippen molar-refractivity contribution in [3.05, 3.63) is 29.8 Å². The first kappa shape index (κ1) is 16.8. The van der Waals surface area contributed by atoms with Crippen LogP contribution >= 0.6 is 0 Å². The second-order valence-electron chi connectivity index (χ2n) is 5.94. The molecule has 122 valence electrons. The van der Waals surface area contributed by atoms with E-state index < -0.39 is 0 Å². The maximum atomic E-state index is 12.1. The van der Waals surface area contributed by atoms with Gasteiger partial charge in [0.05, 0.1) is 13.2 Å². The summed E-state index contributed by atoms with van der Waals surface area (Å²) in [5.74, 6) is 0.931. The van der Waals surface area contributed by atoms with E-state index in [0.717, 1.165) is 30.9 Å². The highest BCUT2D eigenvalue weighted by Gasteiger charge is 2.22. The van der Waals surface area contributed by atoms with Crippen molar-refractivity contribution in [3.8, 4) is 5.75 Å². The zero-order valence-corrected chi connectivity index (χ0v) is 13.8. The van der Waals surface area contributed by atoms with E-state index in [2.05, 4.69) is 29.1 Å². The summed E-state index contributed by atoms with van der Waals surface area (Å²) in [5, 5.41) is 3.00. The van der Waals surface area contributed by atoms with Gasteiger partial charge in [0.1, 0.15) is 5.75 Å². The summed E-state index contributed by atoms with van der Waals surface area (Å²) in [4.78, 5) is 16.7. The van der Waals surface area contributed by atoms with Crippen molar-refractivity contribution < 1.29 is 9.53 Å². The van der Waals surface area contributed by atoms with Crippen LogP contribution < -0.4 is 10.1 Å². The van der Waals surface area contributed by atoms with Crippen LogP contribution in [0.4, 0.5) is 0 Å². The number of carbonyl (C=O) groups excluding carboxylic acids is 1. The smallest absolute Gasteiger partial charge is 0.234 e. The Morgan fingerprint density at radius 2 is 2.23 bits per heavy atom. The molecule has 1 saturated heterocycles. The molecule has 1 aliphatic heterocycles. The Hall–Kier alpha value is -1.59. The number of ether oxygens (including phenoxy) is 1. The fraction of sp³-hybridized carbons (Fsp3) is 0.588. The number of carbonyl (C=O) groups is 1. The SMILES string of the molecule is CCOc1cccc(CNC(=O)CN2CCN(C)C[C@H]2C)c1. The summed E-state index contributed by atoms with van der Waals surface area (Å²) in [5.41, 5.74) is 1.06. The number of hydrogen-bond acceptors (Lipinski definition) is 4. The minimum absolute atomic E-state index is 0.0817. The van der Waals surface area contributed by atoms with Gasteiger partial charge in [0.15, 0.2) is 0 Å². The normalized spacial score (nSPS) is 19.9. The highest BCUT2D eigenvalue weighted by Crippen LogP contribution is 2.13. The van der Waals surface area contributed by atoms with Gasteiger partial charge in [-0.05, 0) is 38.6 Å². The molecule has 0 saturated carbocycles. The van der Waals surface area contributed by atoms with Gasteiger partial charge in [0.25, 0.3) is 0 Å². The Morgan fingerprint density at radius 3 is 2.95 bits per heavy atom. The molecule has 22 heavy (non-hydrogen) atoms. The van der Waals surface area contributed by atoms with Gasteiger partial charge >= 0.3 is 0 Å². The third-order valence-corrected chi connectivity index (χ3v) is 4.01. The average Bonchev–Trinajstić information content (AvgIpc) is 2.49. The quantitative estimate of drug-likeness (QED) is 0.861. The van der Waals surface area contributed by atoms with Gasteiger partial charge in [-0.3, -0.25) is 9.69 Å². The van der Waals surface area contributed by atoms with Gasteiger partial charge in [-0.15, -0.1) is 0 Å². The predicted molar refractivity (Wildman–Crippen MR) is 88.0 cm³/mol. The molecule has 2 rings (SSSR count). The van der Waals surface area contributed by atoms with Crippen LogP contribution in [0.2, 0.25) is 0 Å². The Labute approximate surface area is 133 Å². The number of piperazine rings is 1. The first-order chi connectivity index (χ1) is 10.6. The highest BCUT2D eigenvalue weighted by atomic mass is 16.5. The van der Waals surface area contributed by atoms with Crippen LogP contribution in [0, 0.1) is 0 Å². The standard InChI is InChI=1S/C17H27N3O2/c1-4-22-16-7-5-6-15(10-16)11-18-17(21)13-20-9-8-19(3)12-14(20)2/h5-7,10,14H,4,8-9,11-13H2,1-3H3,(H,18,21)/t14-/m1/s1. The summed E-state index contributed by atoms with van der Waals surface area (Å²) >= 11 is 0. The van der Waals surface area contributed by atoms with Crippen LogP contribution in [-0.2, 0) is 11.3 Å². The predicted octanol–water partition coefficient (Wildman–Crippen LogP) is 1.34. The van der Waals surface area contributed by atoms with Crippen LogP contribution in [0.15, 0.2) is 24.3 Å². The van der Waals surface area contributed by atoms with Gasteiger partial charge in [-0.25, -0.2) is 0 Å². The van der Waals surface area contributed by atoms with E-state index >= 15 is 0 Å². The van der Waals surface area contributed by atoms with Gasteiger partial charge in [0.2, 0.25) is 5.91 Å². The van der Waals surface area contributed by atoms with Crippen LogP contribution in [0.3, 0.4) is 0 Å². The number of likely N-dealkylation sites (N-methyl/N-ethyl adjacent to an activating group) is 1. The molecule has 1 N–H and O–H groups in total. The second kappa shape index (κ2) is 8.15. The summed E-state index contributed by atoms with van der Waals surface area (Å²) in [6.45, 7) is 8.79. The lowest BCUT2D eigenvalue weighted by molar-refractivity contribution is -0.123. The number of hydrogen-bond donors (Lipinski definition) is 1. The molecule has 0 aromatic heterocycles. The number of amides is 1. The van der Waals surface area contributed by atoms with Gasteiger partial charge in [-0.1, -0.05) is 12.1 Å². The zero-order chi connectivity index (χ0) is 15.9. The first-order valence-corrected chi connectivity index (χ1v) is 7.99. The van der Waals surface area contributed by atoms with Crippen molar-refractivity contribution in [1.29, 1.82) is 0 Å². The summed E-state index contributed by atoms with van der Waals surface area (Å²) < 4.78 is 5.47. The lowest BCUT2D eigenvalue weighted by Gasteiger charge is -2.37. The number of nitrogens with zero attached hydrogens (tertiary/aromatic N) is 2. The second-order valence-corrected chi connectivity index (χ2v) is 5.94. The highest BCUT2D eigenvalue weighted by molar-refractivity contribution is 5.78. The van der Waals surface area contributed by atoms with Crippen LogP contribution in [0.1, 0.15) is 19.4 Å². The van der Waals surface area contributed by atoms with Crippen molar-refractivity contribution in [2.75, 3.05) is 39.8 Å². The number of benzene rings is 1. The van der Waals surface area contributed by atoms with E-state index in [1.165, 1.54) is 0 Å². The Morgan fingerprint density at radius 1 is 1.41 bits per heavy atom. The Bertz CT molecular complexity index is 493. The first-order valence-electron chi connectivity index (χ1n) is 7.99. The van der Waals surface area contributed by atoms with E-state index in [0.29, 0.717) is 25.7 Å². The Balaban J connectivity index is 1.79. The minimum Gasteiger partial charge on any atom is -0.494 e. The third kappa shape index (κ3) is 5.00. The molecule has 0 spiro atoms. The molecule has 1 amide bonds. The third-order valence-electron chi connectivity index (χ3n) is 4.01. The van der Waals surface area contributed by atoms with Crippen molar-refractivity contribution in [2.24, 2.45) is 0 Å². The molecule has 5 heteroatoms. The van der Waals surface area contributed by atoms with Crippen molar-refractivity contribution in [1.82, 2.24) is 15.1 Å². The minimum atomic E-state index is 0.0817. The molecule has 1 aromatic carbocycles. The van der Waals surface area contributed by atoms with Gasteiger partial charge in [0, 0.05) is 32.2 Å². The molecule has 1 aromatic rings. The Kier molecular flexibility index (Phi) is 6.21. The van der Waals surface area contributed by atoms with Crippen LogP contribution in [0.25, 0.3) is 0 Å². The molecule has 1 atom stereocenters. The summed E-state index contributed by atoms with van der Waals surface area (Å²) in [6, 6.07) is 8.28. The monoisotopic (exact) mass is 305 g/mol. The lowest BCUT2D eigenvalue weighted by atomic mass is 10.2. The molecule has 0 aliphatic carbocycles. The van der Waals surface area contributed by atoms with Crippen molar-refractivity contribution in [3.63, 3.8) is 0 Å². The number of nitrogens with one attached hydrogen (secondary N) is 1. The number of rotatable bonds is 6. The van der Waals surface area contributed by atoms with Crippen LogP contribution in [0.5, 0.6) is 5.75 Å².